The lowest BCUT2D eigenvalue weighted by Gasteiger charge is -2.09. The van der Waals surface area contributed by atoms with Crippen LogP contribution >= 0.6 is 0 Å². The van der Waals surface area contributed by atoms with Gasteiger partial charge >= 0.3 is 6.18 Å². The highest BCUT2D eigenvalue weighted by Gasteiger charge is 2.33. The molecule has 2 aromatic rings. The number of nitrogen functional groups attached to an aromatic ring is 1. The molecule has 0 atom stereocenters. The summed E-state index contributed by atoms with van der Waals surface area (Å²) in [6.07, 6.45) is -1.68. The Balaban J connectivity index is 2.55. The van der Waals surface area contributed by atoms with Crippen LogP contribution in [0.4, 0.5) is 19.0 Å². The fourth-order valence-electron chi connectivity index (χ4n) is 1.30. The monoisotopic (exact) mass is 255 g/mol. The SMILES string of the molecule is NNc1cc(C(F)(F)F)nc(-c2ccncc2)n1. The van der Waals surface area contributed by atoms with Crippen LogP contribution in [0.1, 0.15) is 5.69 Å². The largest absolute Gasteiger partial charge is 0.433 e. The van der Waals surface area contributed by atoms with Gasteiger partial charge in [-0.1, -0.05) is 0 Å². The van der Waals surface area contributed by atoms with Gasteiger partial charge in [0, 0.05) is 24.0 Å². The van der Waals surface area contributed by atoms with Crippen molar-refractivity contribution in [3.63, 3.8) is 0 Å². The maximum Gasteiger partial charge on any atom is 0.433 e. The van der Waals surface area contributed by atoms with Gasteiger partial charge in [0.2, 0.25) is 0 Å². The van der Waals surface area contributed by atoms with Crippen LogP contribution in [0, 0.1) is 0 Å². The highest BCUT2D eigenvalue weighted by molar-refractivity contribution is 5.56. The number of nitrogens with one attached hydrogen (secondary N) is 1. The van der Waals surface area contributed by atoms with Crippen molar-refractivity contribution >= 4 is 5.82 Å². The molecule has 3 N–H and O–H groups in total. The number of aromatic nitrogens is 3. The van der Waals surface area contributed by atoms with Crippen LogP contribution in [0.5, 0.6) is 0 Å². The molecular weight excluding hydrogens is 247 g/mol. The van der Waals surface area contributed by atoms with Crippen molar-refractivity contribution in [3.05, 3.63) is 36.3 Å². The normalized spacial score (nSPS) is 11.3. The lowest BCUT2D eigenvalue weighted by molar-refractivity contribution is -0.141. The second kappa shape index (κ2) is 4.57. The molecule has 0 aliphatic carbocycles. The van der Waals surface area contributed by atoms with E-state index in [0.717, 1.165) is 6.07 Å². The number of hydrogen-bond acceptors (Lipinski definition) is 5. The predicted octanol–water partition coefficient (Wildman–Crippen LogP) is 1.84. The molecule has 2 aromatic heterocycles. The lowest BCUT2D eigenvalue weighted by Crippen LogP contribution is -2.14. The molecule has 2 rings (SSSR count). The Morgan fingerprint density at radius 3 is 2.33 bits per heavy atom. The molecule has 94 valence electrons. The molecule has 0 aromatic carbocycles. The average molecular weight is 255 g/mol. The van der Waals surface area contributed by atoms with Crippen molar-refractivity contribution in [2.75, 3.05) is 5.43 Å². The summed E-state index contributed by atoms with van der Waals surface area (Å²) in [5.41, 5.74) is 1.45. The standard InChI is InChI=1S/C10H8F3N5/c11-10(12,13)7-5-8(18-14)17-9(16-7)6-1-3-15-4-2-6/h1-5H,14H2,(H,16,17,18). The fraction of sp³-hybridized carbons (Fsp3) is 0.100. The van der Waals surface area contributed by atoms with Crippen LogP contribution in [-0.4, -0.2) is 15.0 Å². The van der Waals surface area contributed by atoms with Gasteiger partial charge in [-0.05, 0) is 12.1 Å². The summed E-state index contributed by atoms with van der Waals surface area (Å²) >= 11 is 0. The Hall–Kier alpha value is -2.22. The third kappa shape index (κ3) is 2.54. The third-order valence-corrected chi connectivity index (χ3v) is 2.10. The van der Waals surface area contributed by atoms with Crippen LogP contribution in [0.25, 0.3) is 11.4 Å². The van der Waals surface area contributed by atoms with E-state index >= 15 is 0 Å². The molecule has 0 spiro atoms. The van der Waals surface area contributed by atoms with E-state index in [1.807, 2.05) is 0 Å². The Morgan fingerprint density at radius 2 is 1.78 bits per heavy atom. The predicted molar refractivity (Wildman–Crippen MR) is 58.1 cm³/mol. The smallest absolute Gasteiger partial charge is 0.308 e. The number of anilines is 1. The average Bonchev–Trinajstić information content (AvgIpc) is 2.38. The van der Waals surface area contributed by atoms with Gasteiger partial charge in [-0.15, -0.1) is 0 Å². The van der Waals surface area contributed by atoms with Crippen molar-refractivity contribution in [3.8, 4) is 11.4 Å². The van der Waals surface area contributed by atoms with Gasteiger partial charge in [0.15, 0.2) is 11.5 Å². The summed E-state index contributed by atoms with van der Waals surface area (Å²) in [6.45, 7) is 0. The number of hydrogen-bond donors (Lipinski definition) is 2. The second-order valence-electron chi connectivity index (χ2n) is 3.34. The molecule has 18 heavy (non-hydrogen) atoms. The Bertz CT molecular complexity index is 541. The van der Waals surface area contributed by atoms with E-state index in [-0.39, 0.29) is 11.6 Å². The number of pyridine rings is 1. The molecule has 0 amide bonds. The number of nitrogens with two attached hydrogens (primary N) is 1. The molecule has 2 heterocycles. The Labute approximate surface area is 99.9 Å². The molecule has 5 nitrogen and oxygen atoms in total. The van der Waals surface area contributed by atoms with Crippen molar-refractivity contribution < 1.29 is 13.2 Å². The van der Waals surface area contributed by atoms with Crippen LogP contribution < -0.4 is 11.3 Å². The Kier molecular flexibility index (Phi) is 3.11. The minimum absolute atomic E-state index is 0.0693. The highest BCUT2D eigenvalue weighted by Crippen LogP contribution is 2.30. The molecule has 0 fully saturated rings. The molecule has 0 unspecified atom stereocenters. The summed E-state index contributed by atoms with van der Waals surface area (Å²) in [5, 5.41) is 0. The summed E-state index contributed by atoms with van der Waals surface area (Å²) in [4.78, 5) is 11.1. The van der Waals surface area contributed by atoms with E-state index in [4.69, 9.17) is 5.84 Å². The molecule has 8 heteroatoms. The minimum Gasteiger partial charge on any atom is -0.308 e. The van der Waals surface area contributed by atoms with Crippen molar-refractivity contribution in [1.82, 2.24) is 15.0 Å². The van der Waals surface area contributed by atoms with E-state index < -0.39 is 11.9 Å². The Morgan fingerprint density at radius 1 is 1.11 bits per heavy atom. The number of hydrazine groups is 1. The zero-order chi connectivity index (χ0) is 13.2. The topological polar surface area (TPSA) is 76.7 Å². The van der Waals surface area contributed by atoms with E-state index in [0.29, 0.717) is 5.56 Å². The maximum atomic E-state index is 12.6. The van der Waals surface area contributed by atoms with Crippen molar-refractivity contribution in [1.29, 1.82) is 0 Å². The van der Waals surface area contributed by atoms with Gasteiger partial charge in [-0.25, -0.2) is 15.8 Å². The van der Waals surface area contributed by atoms with Crippen LogP contribution in [0.15, 0.2) is 30.6 Å². The quantitative estimate of drug-likeness (QED) is 0.632. The number of rotatable bonds is 2. The molecule has 0 radical (unpaired) electrons. The zero-order valence-corrected chi connectivity index (χ0v) is 8.94. The second-order valence-corrected chi connectivity index (χ2v) is 3.34. The number of alkyl halides is 3. The summed E-state index contributed by atoms with van der Waals surface area (Å²) in [5.74, 6) is 4.91. The highest BCUT2D eigenvalue weighted by atomic mass is 19.4. The maximum absolute atomic E-state index is 12.6. The summed E-state index contributed by atoms with van der Waals surface area (Å²) in [7, 11) is 0. The first-order valence-corrected chi connectivity index (χ1v) is 4.84. The van der Waals surface area contributed by atoms with Gasteiger partial charge in [0.05, 0.1) is 0 Å². The summed E-state index contributed by atoms with van der Waals surface area (Å²) in [6, 6.07) is 3.76. The summed E-state index contributed by atoms with van der Waals surface area (Å²) < 4.78 is 37.9. The van der Waals surface area contributed by atoms with E-state index in [9.17, 15) is 13.2 Å². The zero-order valence-electron chi connectivity index (χ0n) is 8.94. The van der Waals surface area contributed by atoms with Crippen LogP contribution in [-0.2, 0) is 6.18 Å². The van der Waals surface area contributed by atoms with E-state index in [1.54, 1.807) is 0 Å². The first-order chi connectivity index (χ1) is 8.50. The fourth-order valence-corrected chi connectivity index (χ4v) is 1.30. The molecule has 0 aliphatic heterocycles. The van der Waals surface area contributed by atoms with Crippen LogP contribution in [0.3, 0.4) is 0 Å². The molecular formula is C10H8F3N5. The first-order valence-electron chi connectivity index (χ1n) is 4.84. The van der Waals surface area contributed by atoms with E-state index in [2.05, 4.69) is 20.4 Å². The lowest BCUT2D eigenvalue weighted by atomic mass is 10.2. The van der Waals surface area contributed by atoms with Crippen molar-refractivity contribution in [2.24, 2.45) is 5.84 Å². The minimum atomic E-state index is -4.56. The van der Waals surface area contributed by atoms with Crippen molar-refractivity contribution in [2.45, 2.75) is 6.18 Å². The third-order valence-electron chi connectivity index (χ3n) is 2.10. The first kappa shape index (κ1) is 12.2. The van der Waals surface area contributed by atoms with Crippen LogP contribution in [0.2, 0.25) is 0 Å². The van der Waals surface area contributed by atoms with E-state index in [1.165, 1.54) is 24.5 Å². The molecule has 0 aliphatic rings. The molecule has 0 saturated carbocycles. The number of halogens is 3. The molecule has 0 bridgehead atoms. The number of nitrogens with zero attached hydrogens (tertiary/aromatic N) is 3. The van der Waals surface area contributed by atoms with Gasteiger partial charge in [0.1, 0.15) is 5.82 Å². The van der Waals surface area contributed by atoms with Gasteiger partial charge < -0.3 is 5.43 Å². The molecule has 0 saturated heterocycles. The van der Waals surface area contributed by atoms with Gasteiger partial charge in [-0.2, -0.15) is 13.2 Å². The van der Waals surface area contributed by atoms with Gasteiger partial charge in [-0.3, -0.25) is 4.98 Å². The van der Waals surface area contributed by atoms with Gasteiger partial charge in [0.25, 0.3) is 0 Å².